The van der Waals surface area contributed by atoms with Crippen molar-refractivity contribution in [3.8, 4) is 0 Å². The first-order valence-corrected chi connectivity index (χ1v) is 6.32. The number of nitrogens with one attached hydrogen (secondary N) is 1. The maximum absolute atomic E-state index is 10.9. The van der Waals surface area contributed by atoms with E-state index in [1.807, 2.05) is 0 Å². The van der Waals surface area contributed by atoms with Gasteiger partial charge >= 0.3 is 5.69 Å². The number of hydrazone groups is 1. The Bertz CT molecular complexity index is 563. The van der Waals surface area contributed by atoms with Crippen molar-refractivity contribution >= 4 is 22.8 Å². The molecule has 2 rings (SSSR count). The van der Waals surface area contributed by atoms with Gasteiger partial charge in [-0.15, -0.1) is 0 Å². The van der Waals surface area contributed by atoms with Crippen molar-refractivity contribution < 1.29 is 9.85 Å². The van der Waals surface area contributed by atoms with Crippen LogP contribution < -0.4 is 5.43 Å². The van der Waals surface area contributed by atoms with Crippen LogP contribution in [0.1, 0.15) is 32.1 Å². The van der Waals surface area contributed by atoms with Crippen LogP contribution in [-0.4, -0.2) is 15.6 Å². The molecule has 1 aromatic rings. The minimum atomic E-state index is -0.663. The number of rotatable bonds is 4. The first-order chi connectivity index (χ1) is 9.58. The Morgan fingerprint density at radius 1 is 1.05 bits per heavy atom. The number of nitro groups is 2. The van der Waals surface area contributed by atoms with E-state index in [1.165, 1.54) is 18.6 Å². The Labute approximate surface area is 114 Å². The molecule has 0 aromatic heterocycles. The van der Waals surface area contributed by atoms with E-state index in [1.54, 1.807) is 0 Å². The maximum atomic E-state index is 10.9. The van der Waals surface area contributed by atoms with E-state index in [0.717, 1.165) is 37.5 Å². The number of benzene rings is 1. The van der Waals surface area contributed by atoms with Crippen LogP contribution in [0.4, 0.5) is 17.1 Å². The van der Waals surface area contributed by atoms with Crippen molar-refractivity contribution in [1.82, 2.24) is 0 Å². The van der Waals surface area contributed by atoms with Gasteiger partial charge in [0.25, 0.3) is 5.69 Å². The number of anilines is 1. The molecule has 1 saturated carbocycles. The minimum absolute atomic E-state index is 0.165. The predicted octanol–water partition coefficient (Wildman–Crippen LogP) is 3.24. The van der Waals surface area contributed by atoms with Crippen LogP contribution in [0, 0.1) is 20.2 Å². The summed E-state index contributed by atoms with van der Waals surface area (Å²) >= 11 is 0. The summed E-state index contributed by atoms with van der Waals surface area (Å²) in [6.07, 6.45) is 5.09. The van der Waals surface area contributed by atoms with Gasteiger partial charge in [-0.3, -0.25) is 25.7 Å². The van der Waals surface area contributed by atoms with Crippen molar-refractivity contribution in [1.29, 1.82) is 0 Å². The quantitative estimate of drug-likeness (QED) is 0.671. The highest BCUT2D eigenvalue weighted by Crippen LogP contribution is 2.29. The second kappa shape index (κ2) is 6.09. The van der Waals surface area contributed by atoms with Gasteiger partial charge < -0.3 is 0 Å². The van der Waals surface area contributed by atoms with Crippen molar-refractivity contribution in [3.05, 3.63) is 38.4 Å². The van der Waals surface area contributed by atoms with Gasteiger partial charge in [0, 0.05) is 11.8 Å². The summed E-state index contributed by atoms with van der Waals surface area (Å²) in [6.45, 7) is 0. The van der Waals surface area contributed by atoms with Crippen LogP contribution in [0.3, 0.4) is 0 Å². The molecule has 8 nitrogen and oxygen atoms in total. The number of non-ortho nitro benzene ring substituents is 1. The molecule has 1 aliphatic rings. The van der Waals surface area contributed by atoms with Crippen LogP contribution >= 0.6 is 0 Å². The summed E-state index contributed by atoms with van der Waals surface area (Å²) in [5, 5.41) is 25.7. The molecule has 106 valence electrons. The largest absolute Gasteiger partial charge is 0.301 e. The number of nitro benzene ring substituents is 2. The van der Waals surface area contributed by atoms with E-state index in [9.17, 15) is 20.2 Å². The Hall–Kier alpha value is -2.51. The van der Waals surface area contributed by atoms with E-state index >= 15 is 0 Å². The van der Waals surface area contributed by atoms with Gasteiger partial charge in [-0.1, -0.05) is 6.42 Å². The fourth-order valence-corrected chi connectivity index (χ4v) is 2.09. The summed E-state index contributed by atoms with van der Waals surface area (Å²) in [5.41, 5.74) is 3.14. The highest BCUT2D eigenvalue weighted by molar-refractivity contribution is 5.86. The number of hydrogen-bond donors (Lipinski definition) is 1. The summed E-state index contributed by atoms with van der Waals surface area (Å²) < 4.78 is 0. The fraction of sp³-hybridized carbons (Fsp3) is 0.417. The SMILES string of the molecule is O=[N+]([O-])c1ccc(NN=C2CCCCC2)c([N+](=O)[O-])c1. The molecule has 1 fully saturated rings. The molecule has 20 heavy (non-hydrogen) atoms. The zero-order valence-corrected chi connectivity index (χ0v) is 10.7. The third-order valence-electron chi connectivity index (χ3n) is 3.15. The highest BCUT2D eigenvalue weighted by Gasteiger charge is 2.19. The summed E-state index contributed by atoms with van der Waals surface area (Å²) in [5.74, 6) is 0. The molecule has 0 saturated heterocycles. The zero-order chi connectivity index (χ0) is 14.5. The van der Waals surface area contributed by atoms with Crippen LogP contribution in [0.5, 0.6) is 0 Å². The van der Waals surface area contributed by atoms with Crippen LogP contribution in [0.15, 0.2) is 23.3 Å². The predicted molar refractivity (Wildman–Crippen MR) is 73.9 cm³/mol. The molecule has 0 unspecified atom stereocenters. The van der Waals surface area contributed by atoms with Gasteiger partial charge in [-0.25, -0.2) is 0 Å². The van der Waals surface area contributed by atoms with Crippen LogP contribution in [0.2, 0.25) is 0 Å². The minimum Gasteiger partial charge on any atom is -0.272 e. The molecule has 0 bridgehead atoms. The van der Waals surface area contributed by atoms with E-state index in [-0.39, 0.29) is 17.1 Å². The monoisotopic (exact) mass is 278 g/mol. The van der Waals surface area contributed by atoms with Gasteiger partial charge in [-0.05, 0) is 31.7 Å². The lowest BCUT2D eigenvalue weighted by atomic mass is 9.99. The average molecular weight is 278 g/mol. The topological polar surface area (TPSA) is 111 Å². The molecular weight excluding hydrogens is 264 g/mol. The molecule has 0 amide bonds. The van der Waals surface area contributed by atoms with Crippen molar-refractivity contribution in [2.24, 2.45) is 5.10 Å². The Morgan fingerprint density at radius 2 is 1.75 bits per heavy atom. The third kappa shape index (κ3) is 3.28. The van der Waals surface area contributed by atoms with E-state index in [4.69, 9.17) is 0 Å². The second-order valence-corrected chi connectivity index (χ2v) is 4.57. The molecule has 0 atom stereocenters. The smallest absolute Gasteiger partial charge is 0.272 e. The van der Waals surface area contributed by atoms with Gasteiger partial charge in [0.05, 0.1) is 15.9 Å². The lowest BCUT2D eigenvalue weighted by Gasteiger charge is -2.12. The Kier molecular flexibility index (Phi) is 4.24. The summed E-state index contributed by atoms with van der Waals surface area (Å²) in [6, 6.07) is 3.46. The second-order valence-electron chi connectivity index (χ2n) is 4.57. The van der Waals surface area contributed by atoms with Crippen molar-refractivity contribution in [2.75, 3.05) is 5.43 Å². The molecule has 8 heteroatoms. The van der Waals surface area contributed by atoms with Gasteiger partial charge in [0.15, 0.2) is 0 Å². The summed E-state index contributed by atoms with van der Waals surface area (Å²) in [7, 11) is 0. The molecule has 0 heterocycles. The molecule has 0 radical (unpaired) electrons. The molecule has 0 spiro atoms. The van der Waals surface area contributed by atoms with Crippen molar-refractivity contribution in [2.45, 2.75) is 32.1 Å². The Balaban J connectivity index is 2.22. The Morgan fingerprint density at radius 3 is 2.35 bits per heavy atom. The molecular formula is C12H14N4O4. The average Bonchev–Trinajstić information content (AvgIpc) is 2.45. The lowest BCUT2D eigenvalue weighted by molar-refractivity contribution is -0.393. The van der Waals surface area contributed by atoms with E-state index < -0.39 is 9.85 Å². The maximum Gasteiger partial charge on any atom is 0.301 e. The zero-order valence-electron chi connectivity index (χ0n) is 10.7. The van der Waals surface area contributed by atoms with Gasteiger partial charge in [-0.2, -0.15) is 5.10 Å². The van der Waals surface area contributed by atoms with E-state index in [0.29, 0.717) is 0 Å². The van der Waals surface area contributed by atoms with E-state index in [2.05, 4.69) is 10.5 Å². The number of nitrogens with zero attached hydrogens (tertiary/aromatic N) is 3. The molecule has 1 aliphatic carbocycles. The van der Waals surface area contributed by atoms with Crippen molar-refractivity contribution in [3.63, 3.8) is 0 Å². The molecule has 1 N–H and O–H groups in total. The number of hydrogen-bond acceptors (Lipinski definition) is 6. The lowest BCUT2D eigenvalue weighted by Crippen LogP contribution is -2.07. The fourth-order valence-electron chi connectivity index (χ4n) is 2.09. The van der Waals surface area contributed by atoms with Gasteiger partial charge in [0.2, 0.25) is 0 Å². The standard InChI is InChI=1S/C12H14N4O4/c17-15(18)10-6-7-11(12(8-10)16(19)20)14-13-9-4-2-1-3-5-9/h6-8,14H,1-5H2. The molecule has 1 aromatic carbocycles. The van der Waals surface area contributed by atoms with Crippen LogP contribution in [-0.2, 0) is 0 Å². The first-order valence-electron chi connectivity index (χ1n) is 6.32. The molecule has 0 aliphatic heterocycles. The van der Waals surface area contributed by atoms with Gasteiger partial charge in [0.1, 0.15) is 5.69 Å². The normalized spacial score (nSPS) is 14.7. The third-order valence-corrected chi connectivity index (χ3v) is 3.15. The first kappa shape index (κ1) is 13.9. The highest BCUT2D eigenvalue weighted by atomic mass is 16.6. The van der Waals surface area contributed by atoms with Crippen LogP contribution in [0.25, 0.3) is 0 Å². The summed E-state index contributed by atoms with van der Waals surface area (Å²) in [4.78, 5) is 20.3.